The lowest BCUT2D eigenvalue weighted by molar-refractivity contribution is 0.219. The first kappa shape index (κ1) is 10.9. The van der Waals surface area contributed by atoms with Gasteiger partial charge in [0.15, 0.2) is 0 Å². The van der Waals surface area contributed by atoms with Crippen LogP contribution in [0.1, 0.15) is 28.4 Å². The smallest absolute Gasteiger partial charge is 0.104 e. The maximum absolute atomic E-state index is 10.3. The molecule has 0 heterocycles. The molecule has 1 N–H and O–H groups in total. The lowest BCUT2D eigenvalue weighted by Gasteiger charge is -2.14. The highest BCUT2D eigenvalue weighted by molar-refractivity contribution is 5.37. The molecule has 0 unspecified atom stereocenters. The lowest BCUT2D eigenvalue weighted by Crippen LogP contribution is -2.02. The fourth-order valence-electron chi connectivity index (χ4n) is 1.87. The van der Waals surface area contributed by atoms with E-state index in [0.29, 0.717) is 0 Å². The summed E-state index contributed by atoms with van der Waals surface area (Å²) in [6, 6.07) is 15.9. The third-order valence-corrected chi connectivity index (χ3v) is 2.84. The van der Waals surface area contributed by atoms with Crippen LogP contribution < -0.4 is 0 Å². The summed E-state index contributed by atoms with van der Waals surface area (Å²) in [7, 11) is 0. The number of hydrogen-bond donors (Lipinski definition) is 1. The molecule has 0 aliphatic heterocycles. The van der Waals surface area contributed by atoms with Crippen LogP contribution in [0, 0.1) is 13.8 Å². The number of benzene rings is 2. The maximum atomic E-state index is 10.3. The molecule has 0 radical (unpaired) electrons. The van der Waals surface area contributed by atoms with E-state index in [1.807, 2.05) is 50.2 Å². The van der Waals surface area contributed by atoms with Gasteiger partial charge in [-0.1, -0.05) is 54.1 Å². The van der Waals surface area contributed by atoms with Crippen LogP contribution >= 0.6 is 0 Å². The molecular formula is C15H16O. The van der Waals surface area contributed by atoms with Crippen LogP contribution in [0.3, 0.4) is 0 Å². The van der Waals surface area contributed by atoms with Crippen molar-refractivity contribution in [3.8, 4) is 0 Å². The first-order chi connectivity index (χ1) is 7.68. The van der Waals surface area contributed by atoms with E-state index in [-0.39, 0.29) is 0 Å². The Labute approximate surface area is 96.4 Å². The van der Waals surface area contributed by atoms with Gasteiger partial charge in [-0.15, -0.1) is 0 Å². The molecule has 0 saturated carbocycles. The molecule has 0 fully saturated rings. The minimum Gasteiger partial charge on any atom is -0.384 e. The molecule has 1 nitrogen and oxygen atoms in total. The van der Waals surface area contributed by atoms with Crippen molar-refractivity contribution in [3.05, 3.63) is 70.8 Å². The van der Waals surface area contributed by atoms with Crippen molar-refractivity contribution < 1.29 is 5.11 Å². The molecule has 1 atom stereocenters. The predicted molar refractivity (Wildman–Crippen MR) is 66.4 cm³/mol. The van der Waals surface area contributed by atoms with Crippen LogP contribution in [-0.4, -0.2) is 5.11 Å². The Hall–Kier alpha value is -1.60. The van der Waals surface area contributed by atoms with E-state index in [9.17, 15) is 5.11 Å². The minimum absolute atomic E-state index is 0.527. The second kappa shape index (κ2) is 4.50. The van der Waals surface area contributed by atoms with Crippen LogP contribution in [0.15, 0.2) is 48.5 Å². The number of rotatable bonds is 2. The monoisotopic (exact) mass is 212 g/mol. The SMILES string of the molecule is Cc1ccc(C)c([C@H](O)c2ccccc2)c1. The number of aliphatic hydroxyl groups excluding tert-OH is 1. The maximum Gasteiger partial charge on any atom is 0.104 e. The molecule has 16 heavy (non-hydrogen) atoms. The Balaban J connectivity index is 2.41. The number of hydrogen-bond acceptors (Lipinski definition) is 1. The third-order valence-electron chi connectivity index (χ3n) is 2.84. The van der Waals surface area contributed by atoms with Gasteiger partial charge in [-0.25, -0.2) is 0 Å². The van der Waals surface area contributed by atoms with Crippen LogP contribution in [0.5, 0.6) is 0 Å². The fourth-order valence-corrected chi connectivity index (χ4v) is 1.87. The second-order valence-corrected chi connectivity index (χ2v) is 4.17. The first-order valence-corrected chi connectivity index (χ1v) is 5.48. The topological polar surface area (TPSA) is 20.2 Å². The van der Waals surface area contributed by atoms with Crippen molar-refractivity contribution in [1.29, 1.82) is 0 Å². The molecular weight excluding hydrogens is 196 g/mol. The molecule has 2 aromatic carbocycles. The minimum atomic E-state index is -0.527. The van der Waals surface area contributed by atoms with Crippen LogP contribution in [0.4, 0.5) is 0 Å². The van der Waals surface area contributed by atoms with E-state index in [1.54, 1.807) is 0 Å². The van der Waals surface area contributed by atoms with Crippen LogP contribution in [0.2, 0.25) is 0 Å². The summed E-state index contributed by atoms with van der Waals surface area (Å²) in [5.41, 5.74) is 4.24. The fraction of sp³-hybridized carbons (Fsp3) is 0.200. The molecule has 2 aromatic rings. The predicted octanol–water partition coefficient (Wildman–Crippen LogP) is 3.39. The first-order valence-electron chi connectivity index (χ1n) is 5.48. The standard InChI is InChI=1S/C15H16O/c1-11-8-9-12(2)14(10-11)15(16)13-6-4-3-5-7-13/h3-10,15-16H,1-2H3/t15-/m1/s1. The second-order valence-electron chi connectivity index (χ2n) is 4.17. The molecule has 0 aliphatic carbocycles. The quantitative estimate of drug-likeness (QED) is 0.809. The Morgan fingerprint density at radius 2 is 1.62 bits per heavy atom. The zero-order chi connectivity index (χ0) is 11.5. The highest BCUT2D eigenvalue weighted by Gasteiger charge is 2.12. The van der Waals surface area contributed by atoms with Gasteiger partial charge >= 0.3 is 0 Å². The van der Waals surface area contributed by atoms with Crippen molar-refractivity contribution in [2.45, 2.75) is 20.0 Å². The normalized spacial score (nSPS) is 12.4. The Kier molecular flexibility index (Phi) is 3.07. The van der Waals surface area contributed by atoms with Crippen molar-refractivity contribution in [2.75, 3.05) is 0 Å². The average Bonchev–Trinajstić information content (AvgIpc) is 2.32. The van der Waals surface area contributed by atoms with Crippen molar-refractivity contribution in [3.63, 3.8) is 0 Å². The van der Waals surface area contributed by atoms with E-state index >= 15 is 0 Å². The molecule has 0 bridgehead atoms. The highest BCUT2D eigenvalue weighted by atomic mass is 16.3. The summed E-state index contributed by atoms with van der Waals surface area (Å²) in [6.45, 7) is 4.07. The molecule has 0 aliphatic rings. The van der Waals surface area contributed by atoms with Crippen LogP contribution in [-0.2, 0) is 0 Å². The van der Waals surface area contributed by atoms with E-state index in [4.69, 9.17) is 0 Å². The zero-order valence-electron chi connectivity index (χ0n) is 9.64. The van der Waals surface area contributed by atoms with Gasteiger partial charge in [0.25, 0.3) is 0 Å². The average molecular weight is 212 g/mol. The summed E-state index contributed by atoms with van der Waals surface area (Å²) in [4.78, 5) is 0. The molecule has 82 valence electrons. The van der Waals surface area contributed by atoms with E-state index in [1.165, 1.54) is 5.56 Å². The van der Waals surface area contributed by atoms with E-state index < -0.39 is 6.10 Å². The van der Waals surface area contributed by atoms with Crippen molar-refractivity contribution in [1.82, 2.24) is 0 Å². The van der Waals surface area contributed by atoms with Gasteiger partial charge in [0, 0.05) is 0 Å². The molecule has 0 amide bonds. The largest absolute Gasteiger partial charge is 0.384 e. The Morgan fingerprint density at radius 1 is 0.938 bits per heavy atom. The summed E-state index contributed by atoms with van der Waals surface area (Å²) in [5.74, 6) is 0. The van der Waals surface area contributed by atoms with Gasteiger partial charge in [0.2, 0.25) is 0 Å². The summed E-state index contributed by atoms with van der Waals surface area (Å²) in [5, 5.41) is 10.3. The summed E-state index contributed by atoms with van der Waals surface area (Å²) < 4.78 is 0. The molecule has 1 heteroatoms. The Bertz CT molecular complexity index is 474. The van der Waals surface area contributed by atoms with Gasteiger partial charge in [-0.3, -0.25) is 0 Å². The number of aliphatic hydroxyl groups is 1. The van der Waals surface area contributed by atoms with Gasteiger partial charge in [0.1, 0.15) is 6.10 Å². The third kappa shape index (κ3) is 2.15. The summed E-state index contributed by atoms with van der Waals surface area (Å²) >= 11 is 0. The van der Waals surface area contributed by atoms with E-state index in [0.717, 1.165) is 16.7 Å². The molecule has 2 rings (SSSR count). The number of aryl methyl sites for hydroxylation is 2. The van der Waals surface area contributed by atoms with Crippen LogP contribution in [0.25, 0.3) is 0 Å². The van der Waals surface area contributed by atoms with E-state index in [2.05, 4.69) is 12.1 Å². The molecule has 0 spiro atoms. The van der Waals surface area contributed by atoms with Gasteiger partial charge in [-0.2, -0.15) is 0 Å². The van der Waals surface area contributed by atoms with Crippen molar-refractivity contribution >= 4 is 0 Å². The Morgan fingerprint density at radius 3 is 2.31 bits per heavy atom. The van der Waals surface area contributed by atoms with Gasteiger partial charge in [-0.05, 0) is 30.5 Å². The molecule has 0 saturated heterocycles. The highest BCUT2D eigenvalue weighted by Crippen LogP contribution is 2.25. The lowest BCUT2D eigenvalue weighted by atomic mass is 9.96. The van der Waals surface area contributed by atoms with Gasteiger partial charge < -0.3 is 5.11 Å². The zero-order valence-corrected chi connectivity index (χ0v) is 9.64. The summed E-state index contributed by atoms with van der Waals surface area (Å²) in [6.07, 6.45) is -0.527. The van der Waals surface area contributed by atoms with Gasteiger partial charge in [0.05, 0.1) is 0 Å². The van der Waals surface area contributed by atoms with Crippen molar-refractivity contribution in [2.24, 2.45) is 0 Å². The molecule has 0 aromatic heterocycles.